The molecule has 0 bridgehead atoms. The molecule has 2 heterocycles. The SMILES string of the molecule is COCCCN1C(C(=O)Nc2ccc(C(C)C)cc2)=CC2C(=O)N(C)C(=O)N(C)C21. The third kappa shape index (κ3) is 4.05. The minimum atomic E-state index is -0.579. The van der Waals surface area contributed by atoms with E-state index >= 15 is 0 Å². The van der Waals surface area contributed by atoms with Crippen LogP contribution in [0.3, 0.4) is 0 Å². The van der Waals surface area contributed by atoms with Crippen LogP contribution in [0.1, 0.15) is 31.7 Å². The van der Waals surface area contributed by atoms with Gasteiger partial charge in [-0.25, -0.2) is 4.79 Å². The van der Waals surface area contributed by atoms with Gasteiger partial charge >= 0.3 is 6.03 Å². The number of methoxy groups -OCH3 is 1. The Morgan fingerprint density at radius 2 is 1.83 bits per heavy atom. The molecule has 2 aliphatic rings. The number of imide groups is 1. The molecule has 8 heteroatoms. The van der Waals surface area contributed by atoms with E-state index in [9.17, 15) is 14.4 Å². The summed E-state index contributed by atoms with van der Waals surface area (Å²) in [5.41, 5.74) is 2.27. The zero-order valence-corrected chi connectivity index (χ0v) is 18.2. The maximum Gasteiger partial charge on any atom is 0.327 e. The first kappa shape index (κ1) is 21.8. The zero-order chi connectivity index (χ0) is 22.0. The predicted octanol–water partition coefficient (Wildman–Crippen LogP) is 2.45. The summed E-state index contributed by atoms with van der Waals surface area (Å²) in [5, 5.41) is 2.92. The molecular weight excluding hydrogens is 384 g/mol. The Hall–Kier alpha value is -2.87. The highest BCUT2D eigenvalue weighted by Gasteiger charge is 2.50. The van der Waals surface area contributed by atoms with Crippen LogP contribution in [0, 0.1) is 5.92 Å². The molecule has 1 aromatic carbocycles. The maximum atomic E-state index is 13.1. The highest BCUT2D eigenvalue weighted by Crippen LogP contribution is 2.35. The monoisotopic (exact) mass is 414 g/mol. The zero-order valence-electron chi connectivity index (χ0n) is 18.2. The maximum absolute atomic E-state index is 13.1. The Morgan fingerprint density at radius 3 is 2.43 bits per heavy atom. The second-order valence-electron chi connectivity index (χ2n) is 8.05. The van der Waals surface area contributed by atoms with Crippen LogP contribution in [-0.4, -0.2) is 73.1 Å². The van der Waals surface area contributed by atoms with E-state index in [1.807, 2.05) is 29.2 Å². The van der Waals surface area contributed by atoms with Gasteiger partial charge in [-0.2, -0.15) is 0 Å². The Morgan fingerprint density at radius 1 is 1.17 bits per heavy atom. The van der Waals surface area contributed by atoms with Crippen LogP contribution in [0.5, 0.6) is 0 Å². The van der Waals surface area contributed by atoms with Crippen LogP contribution in [0.2, 0.25) is 0 Å². The van der Waals surface area contributed by atoms with Crippen molar-refractivity contribution in [3.63, 3.8) is 0 Å². The van der Waals surface area contributed by atoms with E-state index in [0.29, 0.717) is 36.9 Å². The summed E-state index contributed by atoms with van der Waals surface area (Å²) in [6.07, 6.45) is 1.83. The van der Waals surface area contributed by atoms with Gasteiger partial charge in [-0.05, 0) is 36.1 Å². The minimum Gasteiger partial charge on any atom is -0.385 e. The number of ether oxygens (including phenoxy) is 1. The summed E-state index contributed by atoms with van der Waals surface area (Å²) >= 11 is 0. The van der Waals surface area contributed by atoms with E-state index < -0.39 is 12.1 Å². The molecule has 0 spiro atoms. The molecule has 162 valence electrons. The molecule has 2 atom stereocenters. The van der Waals surface area contributed by atoms with Crippen molar-refractivity contribution < 1.29 is 19.1 Å². The highest BCUT2D eigenvalue weighted by molar-refractivity contribution is 6.06. The molecule has 2 unspecified atom stereocenters. The van der Waals surface area contributed by atoms with Crippen molar-refractivity contribution in [3.05, 3.63) is 41.6 Å². The summed E-state index contributed by atoms with van der Waals surface area (Å²) in [4.78, 5) is 42.8. The van der Waals surface area contributed by atoms with E-state index in [4.69, 9.17) is 4.74 Å². The van der Waals surface area contributed by atoms with Gasteiger partial charge in [0, 0.05) is 40.0 Å². The van der Waals surface area contributed by atoms with Crippen LogP contribution in [0.25, 0.3) is 0 Å². The number of fused-ring (bicyclic) bond motifs is 1. The summed E-state index contributed by atoms with van der Waals surface area (Å²) in [7, 11) is 4.74. The van der Waals surface area contributed by atoms with Crippen molar-refractivity contribution in [1.82, 2.24) is 14.7 Å². The standard InChI is InChI=1S/C22H30N4O4/c1-14(2)15-7-9-16(10-8-15)23-19(27)18-13-17-20(26(18)11-6-12-30-5)24(3)22(29)25(4)21(17)28/h7-10,13-14,17,20H,6,11-12H2,1-5H3,(H,23,27). The lowest BCUT2D eigenvalue weighted by molar-refractivity contribution is -0.137. The third-order valence-corrected chi connectivity index (χ3v) is 5.70. The van der Waals surface area contributed by atoms with Crippen molar-refractivity contribution in [2.45, 2.75) is 32.4 Å². The lowest BCUT2D eigenvalue weighted by atomic mass is 10.0. The highest BCUT2D eigenvalue weighted by atomic mass is 16.5. The van der Waals surface area contributed by atoms with Gasteiger partial charge in [0.1, 0.15) is 11.9 Å². The van der Waals surface area contributed by atoms with Gasteiger partial charge in [-0.3, -0.25) is 14.5 Å². The second kappa shape index (κ2) is 8.87. The summed E-state index contributed by atoms with van der Waals surface area (Å²) in [5.74, 6) is -0.772. The Kier molecular flexibility index (Phi) is 6.45. The molecule has 3 rings (SSSR count). The molecule has 8 nitrogen and oxygen atoms in total. The summed E-state index contributed by atoms with van der Waals surface area (Å²) < 4.78 is 5.14. The van der Waals surface area contributed by atoms with Gasteiger partial charge in [0.25, 0.3) is 5.91 Å². The molecule has 0 saturated carbocycles. The number of rotatable bonds is 7. The van der Waals surface area contributed by atoms with Crippen molar-refractivity contribution in [2.75, 3.05) is 39.7 Å². The fourth-order valence-electron chi connectivity index (χ4n) is 3.99. The van der Waals surface area contributed by atoms with Crippen LogP contribution in [0.15, 0.2) is 36.0 Å². The van der Waals surface area contributed by atoms with Crippen molar-refractivity contribution >= 4 is 23.5 Å². The Bertz CT molecular complexity index is 849. The van der Waals surface area contributed by atoms with E-state index in [-0.39, 0.29) is 17.8 Å². The quantitative estimate of drug-likeness (QED) is 0.693. The number of urea groups is 1. The van der Waals surface area contributed by atoms with Crippen LogP contribution in [-0.2, 0) is 14.3 Å². The average molecular weight is 415 g/mol. The van der Waals surface area contributed by atoms with Crippen molar-refractivity contribution in [1.29, 1.82) is 0 Å². The number of benzene rings is 1. The second-order valence-corrected chi connectivity index (χ2v) is 8.05. The van der Waals surface area contributed by atoms with Crippen molar-refractivity contribution in [3.8, 4) is 0 Å². The molecule has 1 fully saturated rings. The molecule has 1 saturated heterocycles. The van der Waals surface area contributed by atoms with Crippen LogP contribution in [0.4, 0.5) is 10.5 Å². The van der Waals surface area contributed by atoms with Gasteiger partial charge in [0.05, 0.1) is 5.92 Å². The van der Waals surface area contributed by atoms with E-state index in [1.54, 1.807) is 20.2 Å². The molecule has 2 aliphatic heterocycles. The number of hydrogen-bond acceptors (Lipinski definition) is 5. The third-order valence-electron chi connectivity index (χ3n) is 5.70. The fraction of sp³-hybridized carbons (Fsp3) is 0.500. The first-order chi connectivity index (χ1) is 14.3. The number of carbonyl (C=O) groups excluding carboxylic acids is 3. The molecular formula is C22H30N4O4. The summed E-state index contributed by atoms with van der Waals surface area (Å²) in [6, 6.07) is 7.35. The Balaban J connectivity index is 1.85. The molecule has 0 aromatic heterocycles. The molecule has 4 amide bonds. The average Bonchev–Trinajstić information content (AvgIpc) is 3.11. The van der Waals surface area contributed by atoms with Crippen molar-refractivity contribution in [2.24, 2.45) is 5.92 Å². The number of hydrogen-bond donors (Lipinski definition) is 1. The Labute approximate surface area is 177 Å². The largest absolute Gasteiger partial charge is 0.385 e. The first-order valence-electron chi connectivity index (χ1n) is 10.2. The molecule has 1 aromatic rings. The van der Waals surface area contributed by atoms with E-state index in [1.165, 1.54) is 17.5 Å². The molecule has 0 aliphatic carbocycles. The minimum absolute atomic E-state index is 0.296. The normalized spacial score (nSPS) is 21.3. The number of carbonyl (C=O) groups is 3. The smallest absolute Gasteiger partial charge is 0.327 e. The molecule has 0 radical (unpaired) electrons. The van der Waals surface area contributed by atoms with Gasteiger partial charge in [-0.1, -0.05) is 26.0 Å². The topological polar surface area (TPSA) is 82.2 Å². The fourth-order valence-corrected chi connectivity index (χ4v) is 3.99. The number of nitrogens with one attached hydrogen (secondary N) is 1. The molecule has 1 N–H and O–H groups in total. The van der Waals surface area contributed by atoms with E-state index in [2.05, 4.69) is 19.2 Å². The van der Waals surface area contributed by atoms with E-state index in [0.717, 1.165) is 4.90 Å². The molecule has 30 heavy (non-hydrogen) atoms. The number of nitrogens with zero attached hydrogens (tertiary/aromatic N) is 3. The predicted molar refractivity (Wildman–Crippen MR) is 114 cm³/mol. The van der Waals surface area contributed by atoms with Gasteiger partial charge in [-0.15, -0.1) is 0 Å². The number of amides is 4. The number of anilines is 1. The summed E-state index contributed by atoms with van der Waals surface area (Å²) in [6.45, 7) is 5.24. The lowest BCUT2D eigenvalue weighted by Gasteiger charge is -2.43. The van der Waals surface area contributed by atoms with Crippen LogP contribution >= 0.6 is 0 Å². The van der Waals surface area contributed by atoms with Gasteiger partial charge in [0.2, 0.25) is 5.91 Å². The van der Waals surface area contributed by atoms with Gasteiger partial charge < -0.3 is 19.9 Å². The van der Waals surface area contributed by atoms with Crippen LogP contribution < -0.4 is 5.32 Å². The lowest BCUT2D eigenvalue weighted by Crippen LogP contribution is -2.62. The van der Waals surface area contributed by atoms with Gasteiger partial charge in [0.15, 0.2) is 0 Å². The first-order valence-corrected chi connectivity index (χ1v) is 10.2.